The molecule has 0 unspecified atom stereocenters. The normalized spacial score (nSPS) is 23.2. The summed E-state index contributed by atoms with van der Waals surface area (Å²) in [6.07, 6.45) is -7.40. The van der Waals surface area contributed by atoms with E-state index in [1.165, 1.54) is 30.3 Å². The van der Waals surface area contributed by atoms with E-state index in [0.29, 0.717) is 5.56 Å². The number of aliphatic hydroxyl groups excluding tert-OH is 3. The van der Waals surface area contributed by atoms with Gasteiger partial charge in [-0.3, -0.25) is 0 Å². The van der Waals surface area contributed by atoms with Gasteiger partial charge in [0.05, 0.1) is 17.7 Å². The smallest absolute Gasteiger partial charge is 0.338 e. The molecule has 0 aromatic heterocycles. The number of aliphatic hydroxyl groups is 3. The molecule has 0 spiro atoms. The zero-order valence-corrected chi connectivity index (χ0v) is 19.5. The Morgan fingerprint density at radius 3 is 2.08 bits per heavy atom. The molecule has 1 aliphatic heterocycles. The first-order valence-corrected chi connectivity index (χ1v) is 11.5. The summed E-state index contributed by atoms with van der Waals surface area (Å²) in [7, 11) is 0. The number of carbonyl (C=O) groups excluding carboxylic acids is 2. The molecule has 3 aromatic carbocycles. The van der Waals surface area contributed by atoms with Crippen LogP contribution in [0.3, 0.4) is 0 Å². The largest absolute Gasteiger partial charge is 0.508 e. The molecular weight excluding hydrogens is 484 g/mol. The van der Waals surface area contributed by atoms with Crippen molar-refractivity contribution >= 4 is 11.9 Å². The molecule has 1 aliphatic rings. The second kappa shape index (κ2) is 11.8. The van der Waals surface area contributed by atoms with Crippen molar-refractivity contribution in [3.05, 3.63) is 95.6 Å². The lowest BCUT2D eigenvalue weighted by molar-refractivity contribution is -0.277. The molecule has 4 N–H and O–H groups in total. The van der Waals surface area contributed by atoms with Crippen LogP contribution >= 0.6 is 0 Å². The lowest BCUT2D eigenvalue weighted by Gasteiger charge is -2.41. The van der Waals surface area contributed by atoms with Gasteiger partial charge in [0.15, 0.2) is 12.2 Å². The molecule has 4 rings (SSSR count). The van der Waals surface area contributed by atoms with Crippen molar-refractivity contribution in [3.63, 3.8) is 0 Å². The van der Waals surface area contributed by atoms with Gasteiger partial charge in [-0.1, -0.05) is 36.4 Å². The second-order valence-electron chi connectivity index (χ2n) is 8.29. The molecule has 10 nitrogen and oxygen atoms in total. The van der Waals surface area contributed by atoms with Gasteiger partial charge in [-0.05, 0) is 42.5 Å². The maximum Gasteiger partial charge on any atom is 0.338 e. The van der Waals surface area contributed by atoms with Crippen molar-refractivity contribution in [1.82, 2.24) is 0 Å². The summed E-state index contributed by atoms with van der Waals surface area (Å²) in [6, 6.07) is 20.3. The third-order valence-electron chi connectivity index (χ3n) is 5.73. The Bertz CT molecular complexity index is 1200. The standard InChI is InChI=1S/C27H26O10/c28-14-21-22(30)24(37-26(33)17-9-5-2-6-10-17)23(31)27(36-21)35-20-12-11-19(29)13-18(20)15-34-25(32)16-7-3-1-4-8-16/h1-13,21-24,27-31H,14-15H2/t21-,22-,23-,24+,27-/m1/s1. The number of rotatable bonds is 8. The average Bonchev–Trinajstić information content (AvgIpc) is 2.93. The maximum absolute atomic E-state index is 12.6. The lowest BCUT2D eigenvalue weighted by Crippen LogP contribution is -2.61. The number of carbonyl (C=O) groups is 2. The van der Waals surface area contributed by atoms with Crippen molar-refractivity contribution in [1.29, 1.82) is 0 Å². The van der Waals surface area contributed by atoms with Crippen LogP contribution in [0, 0.1) is 0 Å². The summed E-state index contributed by atoms with van der Waals surface area (Å²) in [4.78, 5) is 24.9. The predicted octanol–water partition coefficient (Wildman–Crippen LogP) is 1.79. The molecule has 1 saturated heterocycles. The Balaban J connectivity index is 1.51. The first-order valence-electron chi connectivity index (χ1n) is 11.5. The Morgan fingerprint density at radius 1 is 0.838 bits per heavy atom. The molecule has 0 aliphatic carbocycles. The molecule has 0 radical (unpaired) electrons. The van der Waals surface area contributed by atoms with Crippen LogP contribution in [0.5, 0.6) is 11.5 Å². The molecule has 3 aromatic rings. The van der Waals surface area contributed by atoms with E-state index >= 15 is 0 Å². The van der Waals surface area contributed by atoms with Gasteiger partial charge < -0.3 is 39.4 Å². The predicted molar refractivity (Wildman–Crippen MR) is 128 cm³/mol. The second-order valence-corrected chi connectivity index (χ2v) is 8.29. The SMILES string of the molecule is O=C(OCc1cc(O)ccc1O[C@@H]1O[C@H](CO)[C@@H](O)[C@H](OC(=O)c2ccccc2)[C@H]1O)c1ccccc1. The highest BCUT2D eigenvalue weighted by Crippen LogP contribution is 2.30. The summed E-state index contributed by atoms with van der Waals surface area (Å²) >= 11 is 0. The van der Waals surface area contributed by atoms with Crippen LogP contribution < -0.4 is 4.74 Å². The van der Waals surface area contributed by atoms with Gasteiger partial charge in [-0.15, -0.1) is 0 Å². The van der Waals surface area contributed by atoms with E-state index < -0.39 is 49.3 Å². The van der Waals surface area contributed by atoms with Crippen LogP contribution in [-0.2, 0) is 20.8 Å². The Hall–Kier alpha value is -3.96. The Labute approximate surface area is 212 Å². The van der Waals surface area contributed by atoms with Gasteiger partial charge in [0.25, 0.3) is 0 Å². The van der Waals surface area contributed by atoms with Crippen molar-refractivity contribution in [2.45, 2.75) is 37.3 Å². The summed E-state index contributed by atoms with van der Waals surface area (Å²) in [5, 5.41) is 41.1. The fraction of sp³-hybridized carbons (Fsp3) is 0.259. The summed E-state index contributed by atoms with van der Waals surface area (Å²) in [5.74, 6) is -1.43. The third-order valence-corrected chi connectivity index (χ3v) is 5.73. The van der Waals surface area contributed by atoms with Crippen LogP contribution in [0.25, 0.3) is 0 Å². The van der Waals surface area contributed by atoms with Gasteiger partial charge in [0, 0.05) is 5.56 Å². The topological polar surface area (TPSA) is 152 Å². The number of esters is 2. The maximum atomic E-state index is 12.6. The number of benzene rings is 3. The number of phenolic OH excluding ortho intramolecular Hbond substituents is 1. The van der Waals surface area contributed by atoms with Crippen LogP contribution in [0.1, 0.15) is 26.3 Å². The summed E-state index contributed by atoms with van der Waals surface area (Å²) in [6.45, 7) is -0.928. The van der Waals surface area contributed by atoms with E-state index in [1.54, 1.807) is 48.5 Å². The Morgan fingerprint density at radius 2 is 1.46 bits per heavy atom. The van der Waals surface area contributed by atoms with E-state index in [9.17, 15) is 30.0 Å². The molecule has 0 saturated carbocycles. The van der Waals surface area contributed by atoms with Crippen LogP contribution in [0.2, 0.25) is 0 Å². The van der Waals surface area contributed by atoms with E-state index in [1.807, 2.05) is 0 Å². The molecule has 5 atom stereocenters. The van der Waals surface area contributed by atoms with E-state index in [0.717, 1.165) is 0 Å². The van der Waals surface area contributed by atoms with E-state index in [4.69, 9.17) is 18.9 Å². The van der Waals surface area contributed by atoms with Gasteiger partial charge in [-0.25, -0.2) is 9.59 Å². The van der Waals surface area contributed by atoms with Crippen molar-refractivity contribution in [3.8, 4) is 11.5 Å². The fourth-order valence-corrected chi connectivity index (χ4v) is 3.78. The Kier molecular flexibility index (Phi) is 8.36. The summed E-state index contributed by atoms with van der Waals surface area (Å²) in [5.41, 5.74) is 0.788. The molecule has 1 heterocycles. The average molecular weight is 510 g/mol. The van der Waals surface area contributed by atoms with Crippen LogP contribution in [-0.4, -0.2) is 69.7 Å². The highest BCUT2D eigenvalue weighted by Gasteiger charge is 2.48. The van der Waals surface area contributed by atoms with Crippen molar-refractivity contribution in [2.24, 2.45) is 0 Å². The number of hydrogen-bond acceptors (Lipinski definition) is 10. The first kappa shape index (κ1) is 26.1. The fourth-order valence-electron chi connectivity index (χ4n) is 3.78. The van der Waals surface area contributed by atoms with Crippen molar-refractivity contribution < 1.29 is 49.0 Å². The van der Waals surface area contributed by atoms with E-state index in [2.05, 4.69) is 0 Å². The molecular formula is C27H26O10. The third kappa shape index (κ3) is 6.25. The number of phenols is 1. The van der Waals surface area contributed by atoms with E-state index in [-0.39, 0.29) is 29.2 Å². The minimum atomic E-state index is -1.65. The number of aromatic hydroxyl groups is 1. The molecule has 194 valence electrons. The minimum Gasteiger partial charge on any atom is -0.508 e. The monoisotopic (exact) mass is 510 g/mol. The quantitative estimate of drug-likeness (QED) is 0.330. The van der Waals surface area contributed by atoms with Gasteiger partial charge in [0.2, 0.25) is 6.29 Å². The van der Waals surface area contributed by atoms with Gasteiger partial charge in [0.1, 0.15) is 30.3 Å². The van der Waals surface area contributed by atoms with Gasteiger partial charge in [-0.2, -0.15) is 0 Å². The molecule has 1 fully saturated rings. The number of ether oxygens (including phenoxy) is 4. The van der Waals surface area contributed by atoms with Crippen LogP contribution in [0.4, 0.5) is 0 Å². The molecule has 0 bridgehead atoms. The zero-order valence-electron chi connectivity index (χ0n) is 19.5. The highest BCUT2D eigenvalue weighted by molar-refractivity contribution is 5.89. The summed E-state index contributed by atoms with van der Waals surface area (Å²) < 4.78 is 22.0. The van der Waals surface area contributed by atoms with Crippen LogP contribution in [0.15, 0.2) is 78.9 Å². The zero-order chi connectivity index (χ0) is 26.4. The van der Waals surface area contributed by atoms with Crippen molar-refractivity contribution in [2.75, 3.05) is 6.61 Å². The first-order chi connectivity index (χ1) is 17.9. The van der Waals surface area contributed by atoms with Gasteiger partial charge >= 0.3 is 11.9 Å². The lowest BCUT2D eigenvalue weighted by atomic mass is 9.98. The molecule has 0 amide bonds. The number of hydrogen-bond donors (Lipinski definition) is 4. The molecule has 10 heteroatoms. The minimum absolute atomic E-state index is 0.0870. The highest BCUT2D eigenvalue weighted by atomic mass is 16.7. The molecule has 37 heavy (non-hydrogen) atoms.